The summed E-state index contributed by atoms with van der Waals surface area (Å²) in [5.41, 5.74) is 0.267. The Labute approximate surface area is 135 Å². The van der Waals surface area contributed by atoms with Gasteiger partial charge in [-0.1, -0.05) is 0 Å². The summed E-state index contributed by atoms with van der Waals surface area (Å²) >= 11 is 0. The van der Waals surface area contributed by atoms with Crippen LogP contribution in [0.25, 0.3) is 5.57 Å². The minimum absolute atomic E-state index is 0.00169. The molecule has 10 heteroatoms. The lowest BCUT2D eigenvalue weighted by atomic mass is 10.0. The molecule has 0 fully saturated rings. The number of fused-ring (bicyclic) bond motifs is 2. The number of aromatic hydroxyl groups is 2. The number of sulfone groups is 1. The van der Waals surface area contributed by atoms with Crippen LogP contribution < -0.4 is 15.9 Å². The van der Waals surface area contributed by atoms with Gasteiger partial charge in [-0.05, 0) is 12.6 Å². The fraction of sp³-hybridized carbons (Fsp3) is 0.214. The zero-order valence-electron chi connectivity index (χ0n) is 12.4. The molecule has 126 valence electrons. The number of benzene rings is 1. The van der Waals surface area contributed by atoms with E-state index in [9.17, 15) is 23.4 Å². The van der Waals surface area contributed by atoms with Crippen LogP contribution in [0.15, 0.2) is 26.5 Å². The fourth-order valence-electron chi connectivity index (χ4n) is 2.64. The molecule has 1 unspecified atom stereocenters. The third-order valence-corrected chi connectivity index (χ3v) is 5.26. The van der Waals surface area contributed by atoms with Gasteiger partial charge in [0.15, 0.2) is 5.75 Å². The van der Waals surface area contributed by atoms with Crippen LogP contribution in [0.2, 0.25) is 0 Å². The van der Waals surface area contributed by atoms with Gasteiger partial charge < -0.3 is 20.6 Å². The van der Waals surface area contributed by atoms with E-state index in [1.807, 2.05) is 0 Å². The van der Waals surface area contributed by atoms with E-state index in [0.717, 1.165) is 11.6 Å². The number of phenols is 2. The minimum atomic E-state index is -3.98. The maximum atomic E-state index is 12.2. The number of rotatable bonds is 4. The second kappa shape index (κ2) is 5.42. The summed E-state index contributed by atoms with van der Waals surface area (Å²) in [6.07, 6.45) is 2.25. The van der Waals surface area contributed by atoms with Crippen molar-refractivity contribution in [1.82, 2.24) is 5.32 Å². The SMILES string of the molecule is CNC(CC1=c2c(O)c3c(c(O)c2N=C1)=NC=CS3(=O)=O)C(=O)O. The number of phenolic OH excluding ortho intramolecular Hbond substituents is 2. The molecule has 9 nitrogen and oxygen atoms in total. The lowest BCUT2D eigenvalue weighted by molar-refractivity contribution is -0.139. The molecule has 2 aliphatic heterocycles. The highest BCUT2D eigenvalue weighted by atomic mass is 32.2. The predicted octanol–water partition coefficient (Wildman–Crippen LogP) is -1.09. The number of likely N-dealkylation sites (N-methyl/N-ethyl adjacent to an activating group) is 1. The fourth-order valence-corrected chi connectivity index (χ4v) is 3.79. The van der Waals surface area contributed by atoms with Gasteiger partial charge in [-0.2, -0.15) is 0 Å². The lowest BCUT2D eigenvalue weighted by Crippen LogP contribution is -2.34. The number of aliphatic imine (C=N–C) groups is 1. The number of nitrogens with zero attached hydrogens (tertiary/aromatic N) is 2. The first-order chi connectivity index (χ1) is 11.3. The highest BCUT2D eigenvalue weighted by Gasteiger charge is 2.30. The molecule has 0 saturated heterocycles. The molecule has 0 aromatic heterocycles. The van der Waals surface area contributed by atoms with E-state index in [0.29, 0.717) is 5.57 Å². The Bertz CT molecular complexity index is 1040. The van der Waals surface area contributed by atoms with Crippen LogP contribution in [0.3, 0.4) is 0 Å². The van der Waals surface area contributed by atoms with Crippen molar-refractivity contribution in [3.05, 3.63) is 22.2 Å². The molecule has 0 spiro atoms. The predicted molar refractivity (Wildman–Crippen MR) is 83.5 cm³/mol. The summed E-state index contributed by atoms with van der Waals surface area (Å²) in [6.45, 7) is 0. The first kappa shape index (κ1) is 16.1. The van der Waals surface area contributed by atoms with Crippen LogP contribution in [0.4, 0.5) is 5.69 Å². The highest BCUT2D eigenvalue weighted by molar-refractivity contribution is 7.94. The monoisotopic (exact) mass is 351 g/mol. The summed E-state index contributed by atoms with van der Waals surface area (Å²) < 4.78 is 24.3. The molecule has 0 amide bonds. The third kappa shape index (κ3) is 2.27. The van der Waals surface area contributed by atoms with E-state index in [-0.39, 0.29) is 22.7 Å². The van der Waals surface area contributed by atoms with Gasteiger partial charge in [-0.25, -0.2) is 8.42 Å². The molecule has 0 saturated carbocycles. The number of carbonyl (C=O) groups is 1. The van der Waals surface area contributed by atoms with Gasteiger partial charge in [0.1, 0.15) is 27.7 Å². The Kier molecular flexibility index (Phi) is 3.65. The Balaban J connectivity index is 2.34. The Morgan fingerprint density at radius 1 is 1.33 bits per heavy atom. The second-order valence-corrected chi connectivity index (χ2v) is 7.00. The van der Waals surface area contributed by atoms with Crippen molar-refractivity contribution < 1.29 is 28.5 Å². The first-order valence-corrected chi connectivity index (χ1v) is 8.37. The summed E-state index contributed by atoms with van der Waals surface area (Å²) in [7, 11) is -2.51. The van der Waals surface area contributed by atoms with Crippen LogP contribution in [-0.4, -0.2) is 49.0 Å². The normalized spacial score (nSPS) is 18.0. The standard InChI is InChI=1S/C14H13N3O6S/c1-15-7(14(20)21)4-6-5-17-9-8(6)11(18)13-10(12(9)19)16-2-3-24(13,22)23/h2-3,5,7,15,18-19H,4H2,1H3,(H,20,21). The van der Waals surface area contributed by atoms with Crippen LogP contribution in [0.5, 0.6) is 11.5 Å². The smallest absolute Gasteiger partial charge is 0.321 e. The molecule has 4 N–H and O–H groups in total. The van der Waals surface area contributed by atoms with Crippen molar-refractivity contribution in [2.24, 2.45) is 9.98 Å². The molecule has 3 rings (SSSR count). The molecule has 1 aromatic rings. The minimum Gasteiger partial charge on any atom is -0.506 e. The van der Waals surface area contributed by atoms with Gasteiger partial charge >= 0.3 is 5.97 Å². The molecule has 0 radical (unpaired) electrons. The van der Waals surface area contributed by atoms with Gasteiger partial charge in [-0.15, -0.1) is 0 Å². The van der Waals surface area contributed by atoms with Crippen molar-refractivity contribution >= 4 is 33.3 Å². The summed E-state index contributed by atoms with van der Waals surface area (Å²) in [5.74, 6) is -2.19. The molecule has 1 atom stereocenters. The number of carboxylic acid groups (broad SMARTS) is 1. The third-order valence-electron chi connectivity index (χ3n) is 3.82. The van der Waals surface area contributed by atoms with Gasteiger partial charge in [0.05, 0.1) is 10.6 Å². The number of nitrogens with one attached hydrogen (secondary N) is 1. The van der Waals surface area contributed by atoms with Crippen molar-refractivity contribution in [3.8, 4) is 11.5 Å². The number of hydrogen-bond acceptors (Lipinski definition) is 8. The molecular formula is C14H13N3O6S. The molecule has 0 aliphatic carbocycles. The van der Waals surface area contributed by atoms with E-state index in [2.05, 4.69) is 15.3 Å². The van der Waals surface area contributed by atoms with E-state index < -0.39 is 38.2 Å². The molecule has 0 bridgehead atoms. The van der Waals surface area contributed by atoms with E-state index in [4.69, 9.17) is 5.11 Å². The van der Waals surface area contributed by atoms with Crippen LogP contribution >= 0.6 is 0 Å². The Morgan fingerprint density at radius 2 is 2.04 bits per heavy atom. The van der Waals surface area contributed by atoms with Crippen LogP contribution in [-0.2, 0) is 14.6 Å². The maximum Gasteiger partial charge on any atom is 0.321 e. The van der Waals surface area contributed by atoms with Gasteiger partial charge in [-0.3, -0.25) is 14.8 Å². The van der Waals surface area contributed by atoms with Crippen molar-refractivity contribution in [2.45, 2.75) is 17.4 Å². The van der Waals surface area contributed by atoms with E-state index >= 15 is 0 Å². The molecule has 2 heterocycles. The van der Waals surface area contributed by atoms with Crippen molar-refractivity contribution in [2.75, 3.05) is 7.05 Å². The summed E-state index contributed by atoms with van der Waals surface area (Å²) in [4.78, 5) is 18.4. The summed E-state index contributed by atoms with van der Waals surface area (Å²) in [6, 6.07) is -0.962. The molecular weight excluding hydrogens is 338 g/mol. The summed E-state index contributed by atoms with van der Waals surface area (Å²) in [5, 5.41) is 33.0. The zero-order valence-corrected chi connectivity index (χ0v) is 13.2. The number of aliphatic carboxylic acids is 1. The van der Waals surface area contributed by atoms with Gasteiger partial charge in [0, 0.05) is 18.8 Å². The van der Waals surface area contributed by atoms with Crippen LogP contribution in [0, 0.1) is 0 Å². The van der Waals surface area contributed by atoms with Crippen LogP contribution in [0.1, 0.15) is 6.42 Å². The quantitative estimate of drug-likeness (QED) is 0.503. The topological polar surface area (TPSA) is 149 Å². The Hall–Kier alpha value is -2.72. The van der Waals surface area contributed by atoms with Crippen molar-refractivity contribution in [3.63, 3.8) is 0 Å². The largest absolute Gasteiger partial charge is 0.506 e. The molecule has 24 heavy (non-hydrogen) atoms. The maximum absolute atomic E-state index is 12.2. The van der Waals surface area contributed by atoms with Gasteiger partial charge in [0.25, 0.3) is 0 Å². The number of carboxylic acids is 1. The van der Waals surface area contributed by atoms with E-state index in [1.165, 1.54) is 13.3 Å². The van der Waals surface area contributed by atoms with Crippen molar-refractivity contribution in [1.29, 1.82) is 0 Å². The first-order valence-electron chi connectivity index (χ1n) is 6.82. The average molecular weight is 351 g/mol. The van der Waals surface area contributed by atoms with Gasteiger partial charge in [0.2, 0.25) is 9.84 Å². The lowest BCUT2D eigenvalue weighted by Gasteiger charge is -2.12. The molecule has 2 aliphatic rings. The number of hydrogen-bond donors (Lipinski definition) is 4. The second-order valence-electron chi connectivity index (χ2n) is 5.22. The van der Waals surface area contributed by atoms with E-state index in [1.54, 1.807) is 0 Å². The average Bonchev–Trinajstić information content (AvgIpc) is 2.93. The Morgan fingerprint density at radius 3 is 2.67 bits per heavy atom. The highest BCUT2D eigenvalue weighted by Crippen LogP contribution is 2.32. The molecule has 1 aromatic carbocycles. The zero-order chi connectivity index (χ0) is 17.6.